The zero-order valence-corrected chi connectivity index (χ0v) is 17.3. The minimum atomic E-state index is -0.203. The first kappa shape index (κ1) is 20.2. The number of rotatable bonds is 7. The number of carbonyl (C=O) groups excluding carboxylic acids is 1. The van der Waals surface area contributed by atoms with E-state index in [1.54, 1.807) is 11.8 Å². The number of hydrogen-bond donors (Lipinski definition) is 2. The molecule has 28 heavy (non-hydrogen) atoms. The second kappa shape index (κ2) is 9.61. The quantitative estimate of drug-likeness (QED) is 0.432. The normalized spacial score (nSPS) is 10.8. The fraction of sp³-hybridized carbons (Fsp3) is 0.190. The smallest absolute Gasteiger partial charge is 0.251 e. The molecule has 0 saturated carbocycles. The van der Waals surface area contributed by atoms with Crippen molar-refractivity contribution in [2.75, 3.05) is 11.1 Å². The third kappa shape index (κ3) is 5.74. The molecule has 2 N–H and O–H groups in total. The Morgan fingerprint density at radius 1 is 1.11 bits per heavy atom. The molecule has 0 aliphatic rings. The van der Waals surface area contributed by atoms with E-state index in [0.717, 1.165) is 21.2 Å². The molecule has 5 nitrogen and oxygen atoms in total. The van der Waals surface area contributed by atoms with Gasteiger partial charge in [-0.1, -0.05) is 67.7 Å². The van der Waals surface area contributed by atoms with Crippen molar-refractivity contribution in [3.05, 3.63) is 76.7 Å². The summed E-state index contributed by atoms with van der Waals surface area (Å²) in [4.78, 5) is 33.4. The summed E-state index contributed by atoms with van der Waals surface area (Å²) in [5.41, 5.74) is 1.28. The highest BCUT2D eigenvalue weighted by Crippen LogP contribution is 2.33. The third-order valence-corrected chi connectivity index (χ3v) is 5.76. The van der Waals surface area contributed by atoms with Gasteiger partial charge in [0, 0.05) is 15.9 Å². The summed E-state index contributed by atoms with van der Waals surface area (Å²) in [5, 5.41) is 3.41. The molecule has 2 aromatic carbocycles. The Balaban J connectivity index is 1.65. The second-order valence-corrected chi connectivity index (χ2v) is 8.46. The third-order valence-electron chi connectivity index (χ3n) is 3.80. The SMILES string of the molecule is CC(C)c1cc(=O)[nH]c(SCC(=O)Nc2ccccc2Sc2ccccc2)n1. The van der Waals surface area contributed by atoms with Crippen LogP contribution < -0.4 is 10.9 Å². The van der Waals surface area contributed by atoms with Crippen molar-refractivity contribution in [3.8, 4) is 0 Å². The van der Waals surface area contributed by atoms with E-state index >= 15 is 0 Å². The summed E-state index contributed by atoms with van der Waals surface area (Å²) in [6.45, 7) is 3.95. The van der Waals surface area contributed by atoms with Crippen molar-refractivity contribution in [3.63, 3.8) is 0 Å². The molecule has 3 aromatic rings. The van der Waals surface area contributed by atoms with Gasteiger partial charge in [-0.25, -0.2) is 4.98 Å². The fourth-order valence-corrected chi connectivity index (χ4v) is 4.02. The van der Waals surface area contributed by atoms with Crippen LogP contribution in [0.15, 0.2) is 80.4 Å². The zero-order chi connectivity index (χ0) is 19.9. The lowest BCUT2D eigenvalue weighted by molar-refractivity contribution is -0.113. The van der Waals surface area contributed by atoms with Gasteiger partial charge < -0.3 is 10.3 Å². The van der Waals surface area contributed by atoms with Crippen molar-refractivity contribution in [2.45, 2.75) is 34.7 Å². The monoisotopic (exact) mass is 411 g/mol. The van der Waals surface area contributed by atoms with Crippen LogP contribution in [0.1, 0.15) is 25.5 Å². The van der Waals surface area contributed by atoms with E-state index in [2.05, 4.69) is 15.3 Å². The number of nitrogens with one attached hydrogen (secondary N) is 2. The van der Waals surface area contributed by atoms with Crippen molar-refractivity contribution in [1.82, 2.24) is 9.97 Å². The van der Waals surface area contributed by atoms with Crippen LogP contribution in [0.25, 0.3) is 0 Å². The van der Waals surface area contributed by atoms with E-state index in [9.17, 15) is 9.59 Å². The lowest BCUT2D eigenvalue weighted by Crippen LogP contribution is -2.16. The first-order valence-corrected chi connectivity index (χ1v) is 10.7. The molecule has 1 aromatic heterocycles. The van der Waals surface area contributed by atoms with Crippen LogP contribution in [-0.4, -0.2) is 21.6 Å². The van der Waals surface area contributed by atoms with Crippen LogP contribution in [0.5, 0.6) is 0 Å². The topological polar surface area (TPSA) is 74.8 Å². The largest absolute Gasteiger partial charge is 0.324 e. The summed E-state index contributed by atoms with van der Waals surface area (Å²) in [6.07, 6.45) is 0. The Kier molecular flexibility index (Phi) is 6.95. The molecular weight excluding hydrogens is 390 g/mol. The number of amides is 1. The highest BCUT2D eigenvalue weighted by Gasteiger charge is 2.11. The van der Waals surface area contributed by atoms with Crippen molar-refractivity contribution in [1.29, 1.82) is 0 Å². The van der Waals surface area contributed by atoms with E-state index in [4.69, 9.17) is 0 Å². The Morgan fingerprint density at radius 3 is 2.57 bits per heavy atom. The maximum Gasteiger partial charge on any atom is 0.251 e. The van der Waals surface area contributed by atoms with Crippen LogP contribution in [0, 0.1) is 0 Å². The van der Waals surface area contributed by atoms with Crippen LogP contribution in [0.4, 0.5) is 5.69 Å². The van der Waals surface area contributed by atoms with E-state index in [-0.39, 0.29) is 23.1 Å². The molecule has 0 bridgehead atoms. The molecule has 0 aliphatic carbocycles. The minimum Gasteiger partial charge on any atom is -0.324 e. The number of para-hydroxylation sites is 1. The van der Waals surface area contributed by atoms with E-state index < -0.39 is 0 Å². The number of aromatic amines is 1. The number of hydrogen-bond acceptors (Lipinski definition) is 5. The molecule has 0 fully saturated rings. The Morgan fingerprint density at radius 2 is 1.82 bits per heavy atom. The summed E-state index contributed by atoms with van der Waals surface area (Å²) < 4.78 is 0. The molecular formula is C21H21N3O2S2. The van der Waals surface area contributed by atoms with Crippen molar-refractivity contribution >= 4 is 35.1 Å². The summed E-state index contributed by atoms with van der Waals surface area (Å²) in [5.74, 6) is 0.163. The second-order valence-electron chi connectivity index (χ2n) is 6.38. The average molecular weight is 412 g/mol. The lowest BCUT2D eigenvalue weighted by Gasteiger charge is -2.11. The van der Waals surface area contributed by atoms with Gasteiger partial charge in [-0.2, -0.15) is 0 Å². The van der Waals surface area contributed by atoms with Gasteiger partial charge >= 0.3 is 0 Å². The van der Waals surface area contributed by atoms with E-state index in [1.807, 2.05) is 68.4 Å². The molecule has 0 spiro atoms. The van der Waals surface area contributed by atoms with Gasteiger partial charge in [-0.3, -0.25) is 9.59 Å². The predicted octanol–water partition coefficient (Wildman–Crippen LogP) is 4.78. The van der Waals surface area contributed by atoms with Crippen LogP contribution in [0.3, 0.4) is 0 Å². The number of benzene rings is 2. The van der Waals surface area contributed by atoms with Gasteiger partial charge in [0.2, 0.25) is 5.91 Å². The number of nitrogens with zero attached hydrogens (tertiary/aromatic N) is 1. The maximum absolute atomic E-state index is 12.4. The van der Waals surface area contributed by atoms with Crippen molar-refractivity contribution in [2.24, 2.45) is 0 Å². The first-order valence-electron chi connectivity index (χ1n) is 8.87. The number of H-pyrrole nitrogens is 1. The number of carbonyl (C=O) groups is 1. The molecule has 1 heterocycles. The number of thioether (sulfide) groups is 1. The molecule has 3 rings (SSSR count). The van der Waals surface area contributed by atoms with Gasteiger partial charge in [-0.15, -0.1) is 0 Å². The lowest BCUT2D eigenvalue weighted by atomic mass is 10.1. The summed E-state index contributed by atoms with van der Waals surface area (Å²) >= 11 is 2.81. The molecule has 0 aliphatic heterocycles. The molecule has 0 saturated heterocycles. The summed E-state index contributed by atoms with van der Waals surface area (Å²) in [7, 11) is 0. The standard InChI is InChI=1S/C21H21N3O2S2/c1-14(2)17-12-19(25)24-21(23-17)27-13-20(26)22-16-10-6-7-11-18(16)28-15-8-4-3-5-9-15/h3-12,14H,13H2,1-2H3,(H,22,26)(H,23,24,25). The van der Waals surface area contributed by atoms with E-state index in [0.29, 0.717) is 5.16 Å². The van der Waals surface area contributed by atoms with Gasteiger partial charge in [0.15, 0.2) is 5.16 Å². The predicted molar refractivity (Wildman–Crippen MR) is 115 cm³/mol. The highest BCUT2D eigenvalue weighted by atomic mass is 32.2. The van der Waals surface area contributed by atoms with Gasteiger partial charge in [0.25, 0.3) is 5.56 Å². The van der Waals surface area contributed by atoms with Gasteiger partial charge in [0.1, 0.15) is 0 Å². The molecule has 144 valence electrons. The zero-order valence-electron chi connectivity index (χ0n) is 15.6. The Hall–Kier alpha value is -2.51. The molecule has 0 atom stereocenters. The first-order chi connectivity index (χ1) is 13.5. The minimum absolute atomic E-state index is 0.149. The molecule has 0 radical (unpaired) electrons. The summed E-state index contributed by atoms with van der Waals surface area (Å²) in [6, 6.07) is 19.2. The molecule has 7 heteroatoms. The van der Waals surface area contributed by atoms with Crippen LogP contribution in [0.2, 0.25) is 0 Å². The Bertz CT molecular complexity index is 1000. The molecule has 1 amide bonds. The average Bonchev–Trinajstić information content (AvgIpc) is 2.68. The highest BCUT2D eigenvalue weighted by molar-refractivity contribution is 8.00. The Labute approximate surface area is 172 Å². The number of aromatic nitrogens is 2. The number of anilines is 1. The van der Waals surface area contributed by atoms with Crippen LogP contribution in [-0.2, 0) is 4.79 Å². The molecule has 0 unspecified atom stereocenters. The van der Waals surface area contributed by atoms with Crippen molar-refractivity contribution < 1.29 is 4.79 Å². The maximum atomic E-state index is 12.4. The van der Waals surface area contributed by atoms with Gasteiger partial charge in [0.05, 0.1) is 17.1 Å². The fourth-order valence-electron chi connectivity index (χ4n) is 2.41. The van der Waals surface area contributed by atoms with Crippen LogP contribution >= 0.6 is 23.5 Å². The van der Waals surface area contributed by atoms with Gasteiger partial charge in [-0.05, 0) is 30.2 Å². The van der Waals surface area contributed by atoms with E-state index in [1.165, 1.54) is 17.8 Å².